The summed E-state index contributed by atoms with van der Waals surface area (Å²) in [6, 6.07) is 11.8. The van der Waals surface area contributed by atoms with Crippen LogP contribution in [0.5, 0.6) is 5.75 Å². The lowest BCUT2D eigenvalue weighted by atomic mass is 10.2. The lowest BCUT2D eigenvalue weighted by molar-refractivity contribution is -0.904. The largest absolute Gasteiger partial charge is 0.495 e. The number of rotatable bonds is 7. The first kappa shape index (κ1) is 18.2. The molecule has 0 radical (unpaired) electrons. The molecule has 0 aromatic heterocycles. The predicted molar refractivity (Wildman–Crippen MR) is 93.1 cm³/mol. The fourth-order valence-corrected chi connectivity index (χ4v) is 2.66. The van der Waals surface area contributed by atoms with E-state index in [2.05, 4.69) is 5.32 Å². The third kappa shape index (κ3) is 4.69. The molecular formula is C18H21ClFN2O2+. The fourth-order valence-electron chi connectivity index (χ4n) is 2.43. The van der Waals surface area contributed by atoms with Crippen LogP contribution in [0, 0.1) is 5.82 Å². The molecule has 0 aliphatic carbocycles. The van der Waals surface area contributed by atoms with Crippen LogP contribution >= 0.6 is 11.6 Å². The van der Waals surface area contributed by atoms with Gasteiger partial charge >= 0.3 is 0 Å². The number of carbonyl (C=O) groups is 1. The topological polar surface area (TPSA) is 42.8 Å². The van der Waals surface area contributed by atoms with Gasteiger partial charge < -0.3 is 15.0 Å². The maximum absolute atomic E-state index is 13.9. The van der Waals surface area contributed by atoms with Crippen LogP contribution in [0.4, 0.5) is 10.1 Å². The molecule has 2 N–H and O–H groups in total. The molecule has 128 valence electrons. The molecular weight excluding hydrogens is 331 g/mol. The van der Waals surface area contributed by atoms with Crippen LogP contribution in [-0.2, 0) is 11.3 Å². The van der Waals surface area contributed by atoms with Crippen LogP contribution in [0.3, 0.4) is 0 Å². The summed E-state index contributed by atoms with van der Waals surface area (Å²) < 4.78 is 19.1. The van der Waals surface area contributed by atoms with Crippen molar-refractivity contribution in [1.29, 1.82) is 0 Å². The summed E-state index contributed by atoms with van der Waals surface area (Å²) in [7, 11) is 1.55. The molecule has 4 nitrogen and oxygen atoms in total. The van der Waals surface area contributed by atoms with Crippen LogP contribution < -0.4 is 15.0 Å². The van der Waals surface area contributed by atoms with E-state index in [0.29, 0.717) is 35.1 Å². The Hall–Kier alpha value is -2.11. The summed E-state index contributed by atoms with van der Waals surface area (Å²) in [5.41, 5.74) is 1.05. The second-order valence-corrected chi connectivity index (χ2v) is 5.81. The van der Waals surface area contributed by atoms with E-state index in [4.69, 9.17) is 16.3 Å². The Morgan fingerprint density at radius 2 is 2.00 bits per heavy atom. The highest BCUT2D eigenvalue weighted by Crippen LogP contribution is 2.22. The third-order valence-electron chi connectivity index (χ3n) is 3.78. The minimum atomic E-state index is -0.349. The minimum Gasteiger partial charge on any atom is -0.495 e. The number of hydrogen-bond donors (Lipinski definition) is 2. The molecule has 2 aromatic carbocycles. The lowest BCUT2D eigenvalue weighted by Crippen LogP contribution is -3.11. The molecule has 0 bridgehead atoms. The number of anilines is 1. The number of methoxy groups -OCH3 is 1. The Morgan fingerprint density at radius 1 is 1.25 bits per heavy atom. The first-order valence-electron chi connectivity index (χ1n) is 7.74. The first-order valence-corrected chi connectivity index (χ1v) is 8.12. The van der Waals surface area contributed by atoms with Crippen molar-refractivity contribution in [2.75, 3.05) is 25.5 Å². The number of para-hydroxylation sites is 2. The number of carbonyl (C=O) groups excluding carboxylic acids is 1. The van der Waals surface area contributed by atoms with Crippen LogP contribution in [0.2, 0.25) is 5.02 Å². The van der Waals surface area contributed by atoms with Gasteiger partial charge in [-0.2, -0.15) is 0 Å². The Bertz CT molecular complexity index is 689. The van der Waals surface area contributed by atoms with Gasteiger partial charge in [0.05, 0.1) is 29.9 Å². The number of nitrogens with one attached hydrogen (secondary N) is 2. The van der Waals surface area contributed by atoms with E-state index < -0.39 is 0 Å². The van der Waals surface area contributed by atoms with E-state index in [1.165, 1.54) is 6.07 Å². The van der Waals surface area contributed by atoms with Crippen molar-refractivity contribution in [3.63, 3.8) is 0 Å². The highest BCUT2D eigenvalue weighted by atomic mass is 35.5. The van der Waals surface area contributed by atoms with Crippen LogP contribution in [0.15, 0.2) is 42.5 Å². The molecule has 1 amide bonds. The number of halogens is 2. The molecule has 0 aliphatic heterocycles. The minimum absolute atomic E-state index is 0.163. The summed E-state index contributed by atoms with van der Waals surface area (Å²) in [6.45, 7) is 3.17. The molecule has 0 aliphatic rings. The zero-order valence-electron chi connectivity index (χ0n) is 13.7. The zero-order valence-corrected chi connectivity index (χ0v) is 14.5. The Balaban J connectivity index is 2.03. The number of amides is 1. The van der Waals surface area contributed by atoms with E-state index in [9.17, 15) is 9.18 Å². The monoisotopic (exact) mass is 351 g/mol. The summed E-state index contributed by atoms with van der Waals surface area (Å²) in [5.74, 6) is 0.0865. The molecule has 6 heteroatoms. The number of quaternary nitrogens is 1. The molecule has 2 rings (SSSR count). The van der Waals surface area contributed by atoms with E-state index in [-0.39, 0.29) is 18.3 Å². The van der Waals surface area contributed by atoms with Crippen molar-refractivity contribution in [3.05, 3.63) is 58.9 Å². The van der Waals surface area contributed by atoms with Crippen molar-refractivity contribution in [2.45, 2.75) is 13.5 Å². The number of ether oxygens (including phenoxy) is 1. The third-order valence-corrected chi connectivity index (χ3v) is 4.13. The second-order valence-electron chi connectivity index (χ2n) is 5.41. The first-order chi connectivity index (χ1) is 11.5. The van der Waals surface area contributed by atoms with Crippen LogP contribution in [0.25, 0.3) is 0 Å². The van der Waals surface area contributed by atoms with Gasteiger partial charge in [-0.25, -0.2) is 4.39 Å². The average molecular weight is 352 g/mol. The molecule has 24 heavy (non-hydrogen) atoms. The summed E-state index contributed by atoms with van der Waals surface area (Å²) in [5, 5.41) is 3.21. The Morgan fingerprint density at radius 3 is 2.67 bits per heavy atom. The van der Waals surface area contributed by atoms with Gasteiger partial charge in [-0.1, -0.05) is 29.8 Å². The molecule has 0 spiro atoms. The van der Waals surface area contributed by atoms with Gasteiger partial charge in [-0.3, -0.25) is 4.79 Å². The van der Waals surface area contributed by atoms with Crippen molar-refractivity contribution >= 4 is 23.2 Å². The van der Waals surface area contributed by atoms with Crippen molar-refractivity contribution in [2.24, 2.45) is 0 Å². The number of likely N-dealkylation sites (N-methyl/N-ethyl adjacent to an activating group) is 1. The summed E-state index contributed by atoms with van der Waals surface area (Å²) >= 11 is 6.07. The van der Waals surface area contributed by atoms with E-state index in [1.54, 1.807) is 31.4 Å². The highest BCUT2D eigenvalue weighted by molar-refractivity contribution is 6.31. The molecule has 0 saturated carbocycles. The Labute approximate surface area is 146 Å². The predicted octanol–water partition coefficient (Wildman–Crippen LogP) is 2.53. The van der Waals surface area contributed by atoms with Crippen molar-refractivity contribution in [1.82, 2.24) is 0 Å². The smallest absolute Gasteiger partial charge is 0.279 e. The van der Waals surface area contributed by atoms with Crippen molar-refractivity contribution in [3.8, 4) is 5.75 Å². The highest BCUT2D eigenvalue weighted by Gasteiger charge is 2.18. The lowest BCUT2D eigenvalue weighted by Gasteiger charge is -2.18. The quantitative estimate of drug-likeness (QED) is 0.805. The van der Waals surface area contributed by atoms with Crippen molar-refractivity contribution < 1.29 is 18.8 Å². The molecule has 0 saturated heterocycles. The van der Waals surface area contributed by atoms with E-state index in [0.717, 1.165) is 4.90 Å². The average Bonchev–Trinajstić information content (AvgIpc) is 2.57. The van der Waals surface area contributed by atoms with Gasteiger partial charge in [0, 0.05) is 0 Å². The molecule has 1 unspecified atom stereocenters. The summed E-state index contributed by atoms with van der Waals surface area (Å²) in [6.07, 6.45) is 0. The number of benzene rings is 2. The van der Waals surface area contributed by atoms with E-state index >= 15 is 0 Å². The van der Waals surface area contributed by atoms with Gasteiger partial charge in [0.2, 0.25) is 0 Å². The Kier molecular flexibility index (Phi) is 6.58. The maximum Gasteiger partial charge on any atom is 0.279 e. The molecule has 2 aromatic rings. The van der Waals surface area contributed by atoms with Crippen LogP contribution in [0.1, 0.15) is 12.5 Å². The normalized spacial score (nSPS) is 11.8. The van der Waals surface area contributed by atoms with Crippen LogP contribution in [-0.4, -0.2) is 26.1 Å². The second kappa shape index (κ2) is 8.66. The fraction of sp³-hybridized carbons (Fsp3) is 0.278. The van der Waals surface area contributed by atoms with E-state index in [1.807, 2.05) is 19.1 Å². The molecule has 0 fully saturated rings. The standard InChI is InChI=1S/C18H20ClFN2O2/c1-3-22(11-13-14(19)7-6-8-15(13)20)12-18(23)21-16-9-4-5-10-17(16)24-2/h4-10H,3,11-12H2,1-2H3,(H,21,23)/p+1. The van der Waals surface area contributed by atoms with Gasteiger partial charge in [-0.15, -0.1) is 0 Å². The zero-order chi connectivity index (χ0) is 17.5. The van der Waals surface area contributed by atoms with Gasteiger partial charge in [0.1, 0.15) is 18.1 Å². The molecule has 1 atom stereocenters. The molecule has 0 heterocycles. The summed E-state index contributed by atoms with van der Waals surface area (Å²) in [4.78, 5) is 13.2. The SMILES string of the molecule is CC[NH+](CC(=O)Nc1ccccc1OC)Cc1c(F)cccc1Cl. The maximum atomic E-state index is 13.9. The number of hydrogen-bond acceptors (Lipinski definition) is 2. The van der Waals surface area contributed by atoms with Gasteiger partial charge in [0.15, 0.2) is 6.54 Å². The van der Waals surface area contributed by atoms with Gasteiger partial charge in [0.25, 0.3) is 5.91 Å². The van der Waals surface area contributed by atoms with Gasteiger partial charge in [-0.05, 0) is 31.2 Å².